The van der Waals surface area contributed by atoms with Gasteiger partial charge in [-0.1, -0.05) is 29.8 Å². The van der Waals surface area contributed by atoms with Crippen molar-refractivity contribution in [2.24, 2.45) is 0 Å². The smallest absolute Gasteiger partial charge is 0.252 e. The van der Waals surface area contributed by atoms with Crippen LogP contribution in [-0.2, 0) is 6.42 Å². The highest BCUT2D eigenvalue weighted by molar-refractivity contribution is 6.33. The number of hydrogen-bond donors (Lipinski definition) is 1. The standard InChI is InChI=1S/C16H14ClN3O/c17-14-6-2-1-5-13(14)16(21)18-9-8-12-11-20-10-4-3-7-15(20)19-12/h1-7,10-11H,8-9H2,(H,18,21). The van der Waals surface area contributed by atoms with Gasteiger partial charge in [-0.25, -0.2) is 4.98 Å². The molecule has 1 amide bonds. The summed E-state index contributed by atoms with van der Waals surface area (Å²) in [5.41, 5.74) is 2.35. The van der Waals surface area contributed by atoms with Crippen molar-refractivity contribution in [1.29, 1.82) is 0 Å². The normalized spacial score (nSPS) is 10.7. The summed E-state index contributed by atoms with van der Waals surface area (Å²) in [4.78, 5) is 16.5. The summed E-state index contributed by atoms with van der Waals surface area (Å²) >= 11 is 5.99. The van der Waals surface area contributed by atoms with Gasteiger partial charge < -0.3 is 9.72 Å². The number of carbonyl (C=O) groups is 1. The Hall–Kier alpha value is -2.33. The van der Waals surface area contributed by atoms with E-state index in [9.17, 15) is 4.79 Å². The third-order valence-corrected chi connectivity index (χ3v) is 3.53. The molecule has 1 aromatic carbocycles. The number of hydrogen-bond acceptors (Lipinski definition) is 2. The molecule has 1 N–H and O–H groups in total. The maximum atomic E-state index is 12.0. The van der Waals surface area contributed by atoms with Gasteiger partial charge in [-0.3, -0.25) is 4.79 Å². The van der Waals surface area contributed by atoms with Gasteiger partial charge >= 0.3 is 0 Å². The van der Waals surface area contributed by atoms with E-state index >= 15 is 0 Å². The topological polar surface area (TPSA) is 46.4 Å². The molecule has 0 radical (unpaired) electrons. The van der Waals surface area contributed by atoms with E-state index in [2.05, 4.69) is 10.3 Å². The van der Waals surface area contributed by atoms with E-state index in [-0.39, 0.29) is 5.91 Å². The van der Waals surface area contributed by atoms with Gasteiger partial charge in [0.2, 0.25) is 0 Å². The number of nitrogens with one attached hydrogen (secondary N) is 1. The molecule has 5 heteroatoms. The minimum atomic E-state index is -0.163. The molecule has 0 aliphatic carbocycles. The summed E-state index contributed by atoms with van der Waals surface area (Å²) in [7, 11) is 0. The summed E-state index contributed by atoms with van der Waals surface area (Å²) < 4.78 is 1.96. The van der Waals surface area contributed by atoms with Crippen LogP contribution < -0.4 is 5.32 Å². The van der Waals surface area contributed by atoms with Crippen molar-refractivity contribution in [2.75, 3.05) is 6.54 Å². The Bertz CT molecular complexity index is 749. The van der Waals surface area contributed by atoms with E-state index in [1.165, 1.54) is 0 Å². The third-order valence-electron chi connectivity index (χ3n) is 3.20. The number of amides is 1. The Morgan fingerprint density at radius 3 is 2.81 bits per heavy atom. The van der Waals surface area contributed by atoms with Gasteiger partial charge in [-0.2, -0.15) is 0 Å². The number of rotatable bonds is 4. The molecule has 4 nitrogen and oxygen atoms in total. The number of halogens is 1. The predicted octanol–water partition coefficient (Wildman–Crippen LogP) is 2.96. The van der Waals surface area contributed by atoms with Gasteiger partial charge in [0.05, 0.1) is 16.3 Å². The maximum Gasteiger partial charge on any atom is 0.252 e. The molecule has 106 valence electrons. The number of pyridine rings is 1. The molecule has 0 atom stereocenters. The summed E-state index contributed by atoms with van der Waals surface area (Å²) in [6, 6.07) is 12.9. The van der Waals surface area contributed by atoms with Crippen LogP contribution in [0.15, 0.2) is 54.9 Å². The average Bonchev–Trinajstić information content (AvgIpc) is 2.90. The van der Waals surface area contributed by atoms with E-state index < -0.39 is 0 Å². The first-order chi connectivity index (χ1) is 10.2. The minimum absolute atomic E-state index is 0.163. The first-order valence-electron chi connectivity index (χ1n) is 6.69. The van der Waals surface area contributed by atoms with E-state index in [0.29, 0.717) is 23.6 Å². The van der Waals surface area contributed by atoms with Crippen LogP contribution in [0.4, 0.5) is 0 Å². The molecule has 0 bridgehead atoms. The number of aromatic nitrogens is 2. The maximum absolute atomic E-state index is 12.0. The quantitative estimate of drug-likeness (QED) is 0.805. The molecule has 0 unspecified atom stereocenters. The van der Waals surface area contributed by atoms with Crippen molar-refractivity contribution in [3.63, 3.8) is 0 Å². The largest absolute Gasteiger partial charge is 0.352 e. The van der Waals surface area contributed by atoms with Gasteiger partial charge in [-0.15, -0.1) is 0 Å². The van der Waals surface area contributed by atoms with Crippen LogP contribution in [0, 0.1) is 0 Å². The molecule has 0 aliphatic rings. The lowest BCUT2D eigenvalue weighted by Crippen LogP contribution is -2.26. The van der Waals surface area contributed by atoms with E-state index in [1.54, 1.807) is 24.3 Å². The van der Waals surface area contributed by atoms with E-state index in [1.807, 2.05) is 35.0 Å². The van der Waals surface area contributed by atoms with Crippen LogP contribution in [0.3, 0.4) is 0 Å². The van der Waals surface area contributed by atoms with Crippen LogP contribution in [0.1, 0.15) is 16.1 Å². The van der Waals surface area contributed by atoms with Crippen molar-refractivity contribution in [1.82, 2.24) is 14.7 Å². The fourth-order valence-electron chi connectivity index (χ4n) is 2.15. The van der Waals surface area contributed by atoms with Gasteiger partial charge in [0.15, 0.2) is 0 Å². The summed E-state index contributed by atoms with van der Waals surface area (Å²) in [6.07, 6.45) is 4.60. The van der Waals surface area contributed by atoms with Gasteiger partial charge in [0.1, 0.15) is 5.65 Å². The molecule has 21 heavy (non-hydrogen) atoms. The fraction of sp³-hybridized carbons (Fsp3) is 0.125. The van der Waals surface area contributed by atoms with E-state index in [4.69, 9.17) is 11.6 Å². The van der Waals surface area contributed by atoms with Gasteiger partial charge in [-0.05, 0) is 24.3 Å². The Balaban J connectivity index is 1.61. The number of imidazole rings is 1. The summed E-state index contributed by atoms with van der Waals surface area (Å²) in [5, 5.41) is 3.32. The van der Waals surface area contributed by atoms with Crippen LogP contribution in [0.25, 0.3) is 5.65 Å². The van der Waals surface area contributed by atoms with Crippen LogP contribution >= 0.6 is 11.6 Å². The van der Waals surface area contributed by atoms with Crippen molar-refractivity contribution in [3.8, 4) is 0 Å². The summed E-state index contributed by atoms with van der Waals surface area (Å²) in [6.45, 7) is 0.522. The SMILES string of the molecule is O=C(NCCc1cn2ccccc2n1)c1ccccc1Cl. The van der Waals surface area contributed by atoms with Crippen molar-refractivity contribution in [2.45, 2.75) is 6.42 Å². The second kappa shape index (κ2) is 5.97. The molecule has 2 heterocycles. The Morgan fingerprint density at radius 1 is 1.19 bits per heavy atom. The van der Waals surface area contributed by atoms with Crippen molar-refractivity contribution in [3.05, 3.63) is 71.1 Å². The number of carbonyl (C=O) groups excluding carboxylic acids is 1. The molecule has 3 aromatic rings. The lowest BCUT2D eigenvalue weighted by Gasteiger charge is -2.05. The Morgan fingerprint density at radius 2 is 2.00 bits per heavy atom. The fourth-order valence-corrected chi connectivity index (χ4v) is 2.37. The lowest BCUT2D eigenvalue weighted by atomic mass is 10.2. The number of nitrogens with zero attached hydrogens (tertiary/aromatic N) is 2. The monoisotopic (exact) mass is 299 g/mol. The van der Waals surface area contributed by atoms with Crippen LogP contribution in [0.5, 0.6) is 0 Å². The average molecular weight is 300 g/mol. The molecule has 3 rings (SSSR count). The van der Waals surface area contributed by atoms with Crippen molar-refractivity contribution < 1.29 is 4.79 Å². The molecule has 0 aliphatic heterocycles. The first-order valence-corrected chi connectivity index (χ1v) is 7.07. The first kappa shape index (κ1) is 13.6. The third kappa shape index (κ3) is 3.06. The zero-order valence-corrected chi connectivity index (χ0v) is 12.0. The second-order valence-corrected chi connectivity index (χ2v) is 5.09. The summed E-state index contributed by atoms with van der Waals surface area (Å²) in [5.74, 6) is -0.163. The Kier molecular flexibility index (Phi) is 3.88. The van der Waals surface area contributed by atoms with Gasteiger partial charge in [0, 0.05) is 25.4 Å². The molecule has 0 saturated heterocycles. The van der Waals surface area contributed by atoms with Crippen LogP contribution in [-0.4, -0.2) is 21.8 Å². The lowest BCUT2D eigenvalue weighted by molar-refractivity contribution is 0.0954. The molecule has 0 saturated carbocycles. The second-order valence-electron chi connectivity index (χ2n) is 4.68. The van der Waals surface area contributed by atoms with Gasteiger partial charge in [0.25, 0.3) is 5.91 Å². The highest BCUT2D eigenvalue weighted by atomic mass is 35.5. The molecule has 0 fully saturated rings. The van der Waals surface area contributed by atoms with Crippen LogP contribution in [0.2, 0.25) is 5.02 Å². The highest BCUT2D eigenvalue weighted by Gasteiger charge is 2.09. The molecule has 0 spiro atoms. The molecular formula is C16H14ClN3O. The number of fused-ring (bicyclic) bond motifs is 1. The predicted molar refractivity (Wildman–Crippen MR) is 82.7 cm³/mol. The molecule has 2 aromatic heterocycles. The zero-order valence-electron chi connectivity index (χ0n) is 11.3. The molecular weight excluding hydrogens is 286 g/mol. The minimum Gasteiger partial charge on any atom is -0.352 e. The zero-order chi connectivity index (χ0) is 14.7. The number of benzene rings is 1. The van der Waals surface area contributed by atoms with E-state index in [0.717, 1.165) is 11.3 Å². The highest BCUT2D eigenvalue weighted by Crippen LogP contribution is 2.14. The Labute approximate surface area is 127 Å². The van der Waals surface area contributed by atoms with Crippen molar-refractivity contribution >= 4 is 23.2 Å².